The zero-order valence-electron chi connectivity index (χ0n) is 19.7. The molecule has 0 fully saturated rings. The molecule has 29 heavy (non-hydrogen) atoms. The van der Waals surface area contributed by atoms with Crippen LogP contribution in [0.4, 0.5) is 0 Å². The van der Waals surface area contributed by atoms with Gasteiger partial charge in [-0.2, -0.15) is 0 Å². The van der Waals surface area contributed by atoms with Gasteiger partial charge in [0.2, 0.25) is 0 Å². The molecule has 170 valence electrons. The number of hydrogen-bond acceptors (Lipinski definition) is 4. The van der Waals surface area contributed by atoms with E-state index < -0.39 is 21.5 Å². The van der Waals surface area contributed by atoms with Crippen molar-refractivity contribution in [1.29, 1.82) is 0 Å². The summed E-state index contributed by atoms with van der Waals surface area (Å²) in [5.74, 6) is 0. The molecule has 0 radical (unpaired) electrons. The van der Waals surface area contributed by atoms with Gasteiger partial charge in [-0.05, 0) is 25.7 Å². The molecule has 0 spiro atoms. The summed E-state index contributed by atoms with van der Waals surface area (Å²) in [6.45, 7) is 4.12. The molecule has 2 atom stereocenters. The van der Waals surface area contributed by atoms with Gasteiger partial charge in [0.15, 0.2) is 0 Å². The fourth-order valence-electron chi connectivity index (χ4n) is 3.76. The average molecular weight is 459 g/mol. The van der Waals surface area contributed by atoms with Crippen molar-refractivity contribution in [3.8, 4) is 0 Å². The van der Waals surface area contributed by atoms with Gasteiger partial charge in [-0.15, -0.1) is 0 Å². The molecule has 4 nitrogen and oxygen atoms in total. The first-order valence-corrected chi connectivity index (χ1v) is 13.5. The first kappa shape index (κ1) is 32.7. The maximum atomic E-state index is 11.4. The molecule has 0 saturated heterocycles. The predicted octanol–water partition coefficient (Wildman–Crippen LogP) is 3.72. The van der Waals surface area contributed by atoms with Crippen LogP contribution in [0.5, 0.6) is 0 Å². The van der Waals surface area contributed by atoms with E-state index in [1.165, 1.54) is 77.0 Å². The van der Waals surface area contributed by atoms with Crippen LogP contribution in [-0.2, 0) is 10.1 Å². The fourth-order valence-corrected chi connectivity index (χ4v) is 4.64. The summed E-state index contributed by atoms with van der Waals surface area (Å²) < 4.78 is 34.1. The molecular weight excluding hydrogens is 411 g/mol. The molecule has 0 aliphatic rings. The van der Waals surface area contributed by atoms with Crippen molar-refractivity contribution in [2.45, 2.75) is 147 Å². The van der Waals surface area contributed by atoms with Gasteiger partial charge in [0, 0.05) is 5.25 Å². The van der Waals surface area contributed by atoms with Crippen molar-refractivity contribution in [3.63, 3.8) is 0 Å². The second kappa shape index (κ2) is 22.7. The van der Waals surface area contributed by atoms with E-state index in [0.717, 1.165) is 19.3 Å². The number of aliphatic hydroxyl groups is 1. The standard InChI is InChI=1S/C23H48O4S.K/c1-3-5-6-7-8-9-10-11-12-13-14-15-16-17-18-19-23(28(25,26)27)21-20-22(24)4-2;/h22-24H,3-21H2,1-2H3,(H,25,26,27);/q;+1/p-1. The summed E-state index contributed by atoms with van der Waals surface area (Å²) in [5.41, 5.74) is 0. The van der Waals surface area contributed by atoms with E-state index in [1.807, 2.05) is 6.92 Å². The van der Waals surface area contributed by atoms with Gasteiger partial charge in [0.05, 0.1) is 16.2 Å². The molecule has 0 saturated carbocycles. The normalized spacial score (nSPS) is 13.8. The molecule has 1 N–H and O–H groups in total. The zero-order valence-corrected chi connectivity index (χ0v) is 23.6. The smallest absolute Gasteiger partial charge is 0.748 e. The summed E-state index contributed by atoms with van der Waals surface area (Å²) in [5, 5.41) is 8.76. The molecule has 0 aliphatic heterocycles. The van der Waals surface area contributed by atoms with Crippen LogP contribution in [0, 0.1) is 0 Å². The first-order chi connectivity index (χ1) is 13.4. The largest absolute Gasteiger partial charge is 1.00 e. The predicted molar refractivity (Wildman–Crippen MR) is 119 cm³/mol. The molecule has 0 aromatic carbocycles. The van der Waals surface area contributed by atoms with Crippen LogP contribution in [0.2, 0.25) is 0 Å². The molecular formula is C23H47KO4S. The summed E-state index contributed by atoms with van der Waals surface area (Å²) in [6, 6.07) is 0. The van der Waals surface area contributed by atoms with Crippen molar-refractivity contribution in [2.24, 2.45) is 0 Å². The van der Waals surface area contributed by atoms with Crippen LogP contribution < -0.4 is 51.4 Å². The average Bonchev–Trinajstić information content (AvgIpc) is 2.65. The van der Waals surface area contributed by atoms with Gasteiger partial charge in [0.1, 0.15) is 0 Å². The van der Waals surface area contributed by atoms with Crippen molar-refractivity contribution in [2.75, 3.05) is 0 Å². The van der Waals surface area contributed by atoms with Gasteiger partial charge >= 0.3 is 51.4 Å². The van der Waals surface area contributed by atoms with Crippen LogP contribution in [0.25, 0.3) is 0 Å². The maximum absolute atomic E-state index is 11.4. The van der Waals surface area contributed by atoms with Crippen molar-refractivity contribution in [1.82, 2.24) is 0 Å². The van der Waals surface area contributed by atoms with Gasteiger partial charge in [0.25, 0.3) is 0 Å². The second-order valence-electron chi connectivity index (χ2n) is 8.49. The van der Waals surface area contributed by atoms with E-state index >= 15 is 0 Å². The molecule has 0 amide bonds. The van der Waals surface area contributed by atoms with Crippen LogP contribution >= 0.6 is 0 Å². The Kier molecular flexibility index (Phi) is 25.6. The second-order valence-corrected chi connectivity index (χ2v) is 10.1. The molecule has 0 aromatic heterocycles. The number of unbranched alkanes of at least 4 members (excludes halogenated alkanes) is 14. The van der Waals surface area contributed by atoms with Crippen molar-refractivity contribution >= 4 is 10.1 Å². The van der Waals surface area contributed by atoms with Crippen LogP contribution in [0.1, 0.15) is 136 Å². The summed E-state index contributed by atoms with van der Waals surface area (Å²) >= 11 is 0. The van der Waals surface area contributed by atoms with Crippen LogP contribution in [0.15, 0.2) is 0 Å². The van der Waals surface area contributed by atoms with E-state index in [2.05, 4.69) is 6.92 Å². The van der Waals surface area contributed by atoms with E-state index in [4.69, 9.17) is 0 Å². The Hall–Kier alpha value is 1.51. The third-order valence-corrected chi connectivity index (χ3v) is 7.12. The zero-order chi connectivity index (χ0) is 21.1. The Morgan fingerprint density at radius 1 is 0.655 bits per heavy atom. The van der Waals surface area contributed by atoms with E-state index in [0.29, 0.717) is 25.7 Å². The minimum absolute atomic E-state index is 0. The summed E-state index contributed by atoms with van der Waals surface area (Å²) in [4.78, 5) is 0. The molecule has 0 aliphatic carbocycles. The Morgan fingerprint density at radius 2 is 1.03 bits per heavy atom. The van der Waals surface area contributed by atoms with E-state index in [1.54, 1.807) is 0 Å². The monoisotopic (exact) mass is 458 g/mol. The molecule has 6 heteroatoms. The number of aliphatic hydroxyl groups excluding tert-OH is 1. The third kappa shape index (κ3) is 22.5. The van der Waals surface area contributed by atoms with Crippen LogP contribution in [0.3, 0.4) is 0 Å². The number of rotatable bonds is 21. The van der Waals surface area contributed by atoms with Gasteiger partial charge in [-0.3, -0.25) is 0 Å². The summed E-state index contributed by atoms with van der Waals surface area (Å²) in [7, 11) is -4.25. The quantitative estimate of drug-likeness (QED) is 0.162. The molecule has 0 rings (SSSR count). The van der Waals surface area contributed by atoms with Crippen molar-refractivity contribution < 1.29 is 69.5 Å². The van der Waals surface area contributed by atoms with Gasteiger partial charge in [-0.1, -0.05) is 110 Å². The maximum Gasteiger partial charge on any atom is 1.00 e. The molecule has 0 heterocycles. The minimum Gasteiger partial charge on any atom is -0.748 e. The SMILES string of the molecule is CCCCCCCCCCCCCCCCCC(CCC(O)CC)S(=O)(=O)[O-].[K+]. The number of hydrogen-bond donors (Lipinski definition) is 1. The van der Waals surface area contributed by atoms with Crippen molar-refractivity contribution in [3.05, 3.63) is 0 Å². The summed E-state index contributed by atoms with van der Waals surface area (Å²) in [6.07, 6.45) is 20.3. The Bertz CT molecular complexity index is 429. The minimum atomic E-state index is -4.25. The van der Waals surface area contributed by atoms with E-state index in [-0.39, 0.29) is 51.4 Å². The molecule has 0 bridgehead atoms. The molecule has 0 aromatic rings. The Labute approximate surface area is 224 Å². The molecule has 2 unspecified atom stereocenters. The van der Waals surface area contributed by atoms with Gasteiger partial charge in [-0.25, -0.2) is 8.42 Å². The first-order valence-electron chi connectivity index (χ1n) is 12.0. The Morgan fingerprint density at radius 3 is 1.38 bits per heavy atom. The van der Waals surface area contributed by atoms with E-state index in [9.17, 15) is 18.1 Å². The Balaban J connectivity index is 0. The van der Waals surface area contributed by atoms with Crippen LogP contribution in [-0.4, -0.2) is 29.4 Å². The van der Waals surface area contributed by atoms with Gasteiger partial charge < -0.3 is 9.66 Å². The topological polar surface area (TPSA) is 77.4 Å². The fraction of sp³-hybridized carbons (Fsp3) is 1.00. The third-order valence-electron chi connectivity index (χ3n) is 5.83.